The van der Waals surface area contributed by atoms with Crippen molar-refractivity contribution in [3.8, 4) is 17.6 Å². The number of benzene rings is 2. The number of rotatable bonds is 6. The zero-order valence-corrected chi connectivity index (χ0v) is 15.4. The highest BCUT2D eigenvalue weighted by Crippen LogP contribution is 2.21. The third-order valence-electron chi connectivity index (χ3n) is 3.56. The molecule has 5 nitrogen and oxygen atoms in total. The maximum absolute atomic E-state index is 12.0. The highest BCUT2D eigenvalue weighted by Gasteiger charge is 2.05. The van der Waals surface area contributed by atoms with Crippen molar-refractivity contribution in [3.63, 3.8) is 0 Å². The van der Waals surface area contributed by atoms with E-state index in [4.69, 9.17) is 14.7 Å². The van der Waals surface area contributed by atoms with Gasteiger partial charge in [0, 0.05) is 17.0 Å². The lowest BCUT2D eigenvalue weighted by Crippen LogP contribution is -2.03. The Morgan fingerprint density at radius 1 is 1.22 bits per heavy atom. The smallest absolute Gasteiger partial charge is 0.336 e. The molecule has 0 radical (unpaired) electrons. The van der Waals surface area contributed by atoms with Gasteiger partial charge in [-0.3, -0.25) is 0 Å². The average molecular weight is 376 g/mol. The number of hydrogen-bond donors (Lipinski definition) is 0. The SMILES string of the molecule is Cc1nc(COc2ccccc2/C=C/C(=O)Oc2ccc(C#N)cc2)cs1. The number of nitriles is 1. The number of carbonyl (C=O) groups excluding carboxylic acids is 1. The Morgan fingerprint density at radius 2 is 2.00 bits per heavy atom. The highest BCUT2D eigenvalue weighted by atomic mass is 32.1. The van der Waals surface area contributed by atoms with E-state index in [0.717, 1.165) is 16.3 Å². The van der Waals surface area contributed by atoms with Gasteiger partial charge in [0.2, 0.25) is 0 Å². The van der Waals surface area contributed by atoms with Crippen LogP contribution in [0.15, 0.2) is 60.0 Å². The Labute approximate surface area is 161 Å². The first-order valence-corrected chi connectivity index (χ1v) is 9.05. The summed E-state index contributed by atoms with van der Waals surface area (Å²) in [5, 5.41) is 11.7. The van der Waals surface area contributed by atoms with Crippen molar-refractivity contribution in [2.75, 3.05) is 0 Å². The molecule has 0 aliphatic rings. The second kappa shape index (κ2) is 8.79. The van der Waals surface area contributed by atoms with Crippen molar-refractivity contribution in [1.29, 1.82) is 5.26 Å². The third kappa shape index (κ3) is 5.27. The van der Waals surface area contributed by atoms with E-state index >= 15 is 0 Å². The maximum Gasteiger partial charge on any atom is 0.336 e. The summed E-state index contributed by atoms with van der Waals surface area (Å²) >= 11 is 1.58. The molecule has 0 amide bonds. The van der Waals surface area contributed by atoms with Crippen LogP contribution >= 0.6 is 11.3 Å². The molecular weight excluding hydrogens is 360 g/mol. The molecule has 2 aromatic carbocycles. The van der Waals surface area contributed by atoms with Gasteiger partial charge in [-0.25, -0.2) is 9.78 Å². The summed E-state index contributed by atoms with van der Waals surface area (Å²) in [6.07, 6.45) is 2.99. The normalized spacial score (nSPS) is 10.5. The van der Waals surface area contributed by atoms with Crippen LogP contribution in [0.4, 0.5) is 0 Å². The minimum Gasteiger partial charge on any atom is -0.487 e. The number of para-hydroxylation sites is 1. The van der Waals surface area contributed by atoms with Crippen molar-refractivity contribution < 1.29 is 14.3 Å². The van der Waals surface area contributed by atoms with Crippen LogP contribution in [0.3, 0.4) is 0 Å². The number of aryl methyl sites for hydroxylation is 1. The summed E-state index contributed by atoms with van der Waals surface area (Å²) in [7, 11) is 0. The Kier molecular flexibility index (Phi) is 5.98. The zero-order chi connectivity index (χ0) is 19.1. The average Bonchev–Trinajstić information content (AvgIpc) is 3.11. The molecule has 0 unspecified atom stereocenters. The van der Waals surface area contributed by atoms with E-state index in [0.29, 0.717) is 23.7 Å². The van der Waals surface area contributed by atoms with Gasteiger partial charge in [0.25, 0.3) is 0 Å². The van der Waals surface area contributed by atoms with Crippen LogP contribution in [0, 0.1) is 18.3 Å². The quantitative estimate of drug-likeness (QED) is 0.359. The van der Waals surface area contributed by atoms with Crippen molar-refractivity contribution in [1.82, 2.24) is 4.98 Å². The van der Waals surface area contributed by atoms with Gasteiger partial charge in [0.1, 0.15) is 18.1 Å². The van der Waals surface area contributed by atoms with Gasteiger partial charge in [-0.15, -0.1) is 11.3 Å². The van der Waals surface area contributed by atoms with Crippen LogP contribution < -0.4 is 9.47 Å². The summed E-state index contributed by atoms with van der Waals surface area (Å²) in [6.45, 7) is 2.31. The van der Waals surface area contributed by atoms with Gasteiger partial charge < -0.3 is 9.47 Å². The van der Waals surface area contributed by atoms with Gasteiger partial charge in [-0.2, -0.15) is 5.26 Å². The largest absolute Gasteiger partial charge is 0.487 e. The summed E-state index contributed by atoms with van der Waals surface area (Å²) in [5.41, 5.74) is 2.14. The lowest BCUT2D eigenvalue weighted by Gasteiger charge is -2.07. The number of nitrogens with zero attached hydrogens (tertiary/aromatic N) is 2. The molecular formula is C21H16N2O3S. The first-order valence-electron chi connectivity index (χ1n) is 8.17. The molecule has 0 aliphatic carbocycles. The van der Waals surface area contributed by atoms with E-state index in [1.54, 1.807) is 41.7 Å². The van der Waals surface area contributed by atoms with Crippen LogP contribution in [0.1, 0.15) is 21.8 Å². The number of ether oxygens (including phenoxy) is 2. The minimum absolute atomic E-state index is 0.366. The summed E-state index contributed by atoms with van der Waals surface area (Å²) < 4.78 is 11.0. The van der Waals surface area contributed by atoms with Gasteiger partial charge in [-0.1, -0.05) is 18.2 Å². The molecule has 0 atom stereocenters. The topological polar surface area (TPSA) is 72.2 Å². The predicted molar refractivity (Wildman–Crippen MR) is 103 cm³/mol. The molecule has 0 saturated carbocycles. The second-order valence-corrected chi connectivity index (χ2v) is 6.64. The summed E-state index contributed by atoms with van der Waals surface area (Å²) in [5.74, 6) is 0.530. The minimum atomic E-state index is -0.510. The van der Waals surface area contributed by atoms with E-state index in [-0.39, 0.29) is 0 Å². The molecule has 0 spiro atoms. The predicted octanol–water partition coefficient (Wildman–Crippen LogP) is 4.52. The van der Waals surface area contributed by atoms with Crippen molar-refractivity contribution >= 4 is 23.4 Å². The lowest BCUT2D eigenvalue weighted by atomic mass is 10.2. The molecule has 0 saturated heterocycles. The first-order chi connectivity index (χ1) is 13.1. The number of esters is 1. The van der Waals surface area contributed by atoms with Crippen molar-refractivity contribution in [3.05, 3.63) is 81.8 Å². The molecule has 0 aliphatic heterocycles. The van der Waals surface area contributed by atoms with E-state index in [1.165, 1.54) is 6.08 Å². The molecule has 0 bridgehead atoms. The third-order valence-corrected chi connectivity index (χ3v) is 4.38. The van der Waals surface area contributed by atoms with Crippen LogP contribution in [0.2, 0.25) is 0 Å². The second-order valence-electron chi connectivity index (χ2n) is 5.57. The monoisotopic (exact) mass is 376 g/mol. The van der Waals surface area contributed by atoms with Crippen molar-refractivity contribution in [2.24, 2.45) is 0 Å². The molecule has 3 aromatic rings. The number of aromatic nitrogens is 1. The van der Waals surface area contributed by atoms with E-state index < -0.39 is 5.97 Å². The number of hydrogen-bond acceptors (Lipinski definition) is 6. The molecule has 1 aromatic heterocycles. The maximum atomic E-state index is 12.0. The highest BCUT2D eigenvalue weighted by molar-refractivity contribution is 7.09. The molecule has 27 heavy (non-hydrogen) atoms. The number of carbonyl (C=O) groups is 1. The molecule has 1 heterocycles. The fourth-order valence-electron chi connectivity index (χ4n) is 2.28. The Balaban J connectivity index is 1.63. The van der Waals surface area contributed by atoms with Gasteiger partial charge >= 0.3 is 5.97 Å². The van der Waals surface area contributed by atoms with E-state index in [9.17, 15) is 4.79 Å². The number of thiazole rings is 1. The van der Waals surface area contributed by atoms with Crippen LogP contribution in [-0.2, 0) is 11.4 Å². The summed E-state index contributed by atoms with van der Waals surface area (Å²) in [4.78, 5) is 16.4. The van der Waals surface area contributed by atoms with Crippen molar-refractivity contribution in [2.45, 2.75) is 13.5 Å². The molecule has 134 valence electrons. The first kappa shape index (κ1) is 18.4. The van der Waals surface area contributed by atoms with Gasteiger partial charge in [0.05, 0.1) is 22.3 Å². The molecule has 0 fully saturated rings. The van der Waals surface area contributed by atoms with E-state index in [2.05, 4.69) is 4.98 Å². The van der Waals surface area contributed by atoms with Gasteiger partial charge in [-0.05, 0) is 43.3 Å². The molecule has 0 N–H and O–H groups in total. The molecule has 3 rings (SSSR count). The standard InChI is InChI=1S/C21H16N2O3S/c1-15-23-18(14-27-15)13-25-20-5-3-2-4-17(20)8-11-21(24)26-19-9-6-16(12-22)7-10-19/h2-11,14H,13H2,1H3/b11-8+. The van der Waals surface area contributed by atoms with E-state index in [1.807, 2.05) is 42.6 Å². The fraction of sp³-hybridized carbons (Fsp3) is 0.0952. The summed E-state index contributed by atoms with van der Waals surface area (Å²) in [6, 6.07) is 15.8. The molecule has 6 heteroatoms. The van der Waals surface area contributed by atoms with Gasteiger partial charge in [0.15, 0.2) is 0 Å². The Morgan fingerprint density at radius 3 is 2.70 bits per heavy atom. The van der Waals surface area contributed by atoms with Crippen LogP contribution in [-0.4, -0.2) is 11.0 Å². The Hall–Kier alpha value is -3.43. The fourth-order valence-corrected chi connectivity index (χ4v) is 2.88. The zero-order valence-electron chi connectivity index (χ0n) is 14.6. The lowest BCUT2D eigenvalue weighted by molar-refractivity contribution is -0.128. The van der Waals surface area contributed by atoms with Crippen LogP contribution in [0.5, 0.6) is 11.5 Å². The van der Waals surface area contributed by atoms with Crippen LogP contribution in [0.25, 0.3) is 6.08 Å². The Bertz CT molecular complexity index is 1000.